The van der Waals surface area contributed by atoms with Crippen molar-refractivity contribution in [2.45, 2.75) is 26.3 Å². The lowest BCUT2D eigenvalue weighted by atomic mass is 9.83. The van der Waals surface area contributed by atoms with Crippen molar-refractivity contribution >= 4 is 0 Å². The Morgan fingerprint density at radius 2 is 2.09 bits per heavy atom. The second-order valence-corrected chi connectivity index (χ2v) is 4.12. The van der Waals surface area contributed by atoms with Gasteiger partial charge in [0, 0.05) is 12.6 Å². The van der Waals surface area contributed by atoms with Crippen LogP contribution in [0.15, 0.2) is 0 Å². The molecule has 2 nitrogen and oxygen atoms in total. The molecule has 0 aromatic rings. The van der Waals surface area contributed by atoms with Crippen LogP contribution in [0.4, 0.5) is 0 Å². The van der Waals surface area contributed by atoms with E-state index in [0.29, 0.717) is 6.04 Å². The van der Waals surface area contributed by atoms with Gasteiger partial charge in [-0.05, 0) is 31.8 Å². The molecule has 0 aromatic carbocycles. The fraction of sp³-hybridized carbons (Fsp3) is 1.00. The second kappa shape index (κ2) is 3.55. The molecule has 1 heterocycles. The third-order valence-corrected chi connectivity index (χ3v) is 2.77. The van der Waals surface area contributed by atoms with Crippen molar-refractivity contribution in [3.8, 4) is 0 Å². The normalized spacial score (nSPS) is 34.6. The zero-order chi connectivity index (χ0) is 8.43. The average Bonchev–Trinajstić information content (AvgIpc) is 1.85. The van der Waals surface area contributed by atoms with E-state index in [2.05, 4.69) is 25.8 Å². The van der Waals surface area contributed by atoms with Gasteiger partial charge in [0.25, 0.3) is 0 Å². The van der Waals surface area contributed by atoms with E-state index in [0.717, 1.165) is 18.4 Å². The largest absolute Gasteiger partial charge is 0.326 e. The number of likely N-dealkylation sites (tertiary alicyclic amines) is 1. The van der Waals surface area contributed by atoms with Gasteiger partial charge in [-0.25, -0.2) is 0 Å². The Hall–Kier alpha value is -0.0800. The SMILES string of the molecule is CC(C)C1CCN(C)CC1N. The predicted octanol–water partition coefficient (Wildman–Crippen LogP) is 0.921. The minimum Gasteiger partial charge on any atom is -0.326 e. The average molecular weight is 156 g/mol. The highest BCUT2D eigenvalue weighted by atomic mass is 15.1. The Labute approximate surface area is 69.8 Å². The van der Waals surface area contributed by atoms with E-state index in [-0.39, 0.29) is 0 Å². The first kappa shape index (κ1) is 9.01. The molecule has 0 spiro atoms. The van der Waals surface area contributed by atoms with Gasteiger partial charge >= 0.3 is 0 Å². The lowest BCUT2D eigenvalue weighted by molar-refractivity contribution is 0.157. The summed E-state index contributed by atoms with van der Waals surface area (Å²) >= 11 is 0. The summed E-state index contributed by atoms with van der Waals surface area (Å²) in [5.74, 6) is 1.49. The van der Waals surface area contributed by atoms with Gasteiger partial charge in [0.2, 0.25) is 0 Å². The number of piperidine rings is 1. The van der Waals surface area contributed by atoms with Crippen LogP contribution in [-0.2, 0) is 0 Å². The monoisotopic (exact) mass is 156 g/mol. The zero-order valence-corrected chi connectivity index (χ0v) is 7.88. The highest BCUT2D eigenvalue weighted by Gasteiger charge is 2.26. The molecule has 11 heavy (non-hydrogen) atoms. The number of nitrogens with two attached hydrogens (primary N) is 1. The number of hydrogen-bond donors (Lipinski definition) is 1. The van der Waals surface area contributed by atoms with Crippen LogP contribution in [0.5, 0.6) is 0 Å². The van der Waals surface area contributed by atoms with Crippen molar-refractivity contribution < 1.29 is 0 Å². The highest BCUT2D eigenvalue weighted by Crippen LogP contribution is 2.22. The third kappa shape index (κ3) is 2.17. The molecule has 1 saturated heterocycles. The Kier molecular flexibility index (Phi) is 2.90. The summed E-state index contributed by atoms with van der Waals surface area (Å²) in [6.07, 6.45) is 1.27. The molecule has 0 aromatic heterocycles. The van der Waals surface area contributed by atoms with Gasteiger partial charge in [0.05, 0.1) is 0 Å². The van der Waals surface area contributed by atoms with Gasteiger partial charge < -0.3 is 10.6 Å². The van der Waals surface area contributed by atoms with Crippen molar-refractivity contribution in [3.05, 3.63) is 0 Å². The number of nitrogens with zero attached hydrogens (tertiary/aromatic N) is 1. The molecule has 2 atom stereocenters. The molecule has 0 amide bonds. The van der Waals surface area contributed by atoms with Crippen LogP contribution in [-0.4, -0.2) is 31.1 Å². The summed E-state index contributed by atoms with van der Waals surface area (Å²) < 4.78 is 0. The molecule has 0 aliphatic carbocycles. The topological polar surface area (TPSA) is 29.3 Å². The van der Waals surface area contributed by atoms with Crippen LogP contribution in [0.1, 0.15) is 20.3 Å². The maximum absolute atomic E-state index is 6.03. The number of hydrogen-bond acceptors (Lipinski definition) is 2. The zero-order valence-electron chi connectivity index (χ0n) is 7.88. The van der Waals surface area contributed by atoms with Crippen LogP contribution in [0.25, 0.3) is 0 Å². The molecule has 1 rings (SSSR count). The summed E-state index contributed by atoms with van der Waals surface area (Å²) in [6.45, 7) is 6.84. The molecule has 1 fully saturated rings. The second-order valence-electron chi connectivity index (χ2n) is 4.12. The quantitative estimate of drug-likeness (QED) is 0.612. The minimum atomic E-state index is 0.397. The summed E-state index contributed by atoms with van der Waals surface area (Å²) in [5.41, 5.74) is 6.03. The van der Waals surface area contributed by atoms with Crippen LogP contribution in [0.2, 0.25) is 0 Å². The number of rotatable bonds is 1. The van der Waals surface area contributed by atoms with Gasteiger partial charge in [-0.15, -0.1) is 0 Å². The highest BCUT2D eigenvalue weighted by molar-refractivity contribution is 4.83. The van der Waals surface area contributed by atoms with E-state index >= 15 is 0 Å². The first-order valence-electron chi connectivity index (χ1n) is 4.55. The summed E-state index contributed by atoms with van der Waals surface area (Å²) in [5, 5.41) is 0. The molecule has 0 saturated carbocycles. The fourth-order valence-corrected chi connectivity index (χ4v) is 2.00. The smallest absolute Gasteiger partial charge is 0.0199 e. The van der Waals surface area contributed by atoms with Gasteiger partial charge in [-0.1, -0.05) is 13.8 Å². The van der Waals surface area contributed by atoms with Crippen LogP contribution in [0.3, 0.4) is 0 Å². The molecular weight excluding hydrogens is 136 g/mol. The third-order valence-electron chi connectivity index (χ3n) is 2.77. The fourth-order valence-electron chi connectivity index (χ4n) is 2.00. The van der Waals surface area contributed by atoms with Crippen molar-refractivity contribution in [1.82, 2.24) is 4.90 Å². The lowest BCUT2D eigenvalue weighted by Crippen LogP contribution is -2.48. The molecule has 1 aliphatic heterocycles. The molecule has 0 bridgehead atoms. The van der Waals surface area contributed by atoms with Crippen LogP contribution < -0.4 is 5.73 Å². The van der Waals surface area contributed by atoms with Crippen LogP contribution in [0, 0.1) is 11.8 Å². The van der Waals surface area contributed by atoms with E-state index in [1.54, 1.807) is 0 Å². The van der Waals surface area contributed by atoms with Crippen molar-refractivity contribution in [2.75, 3.05) is 20.1 Å². The van der Waals surface area contributed by atoms with Gasteiger partial charge in [-0.3, -0.25) is 0 Å². The Morgan fingerprint density at radius 1 is 1.45 bits per heavy atom. The van der Waals surface area contributed by atoms with Crippen molar-refractivity contribution in [2.24, 2.45) is 17.6 Å². The van der Waals surface area contributed by atoms with Crippen LogP contribution >= 0.6 is 0 Å². The Bertz CT molecular complexity index is 123. The van der Waals surface area contributed by atoms with Crippen molar-refractivity contribution in [3.63, 3.8) is 0 Å². The molecule has 0 radical (unpaired) electrons. The van der Waals surface area contributed by atoms with E-state index in [1.165, 1.54) is 13.0 Å². The van der Waals surface area contributed by atoms with E-state index in [4.69, 9.17) is 5.73 Å². The molecule has 2 N–H and O–H groups in total. The predicted molar refractivity (Wildman–Crippen MR) is 48.4 cm³/mol. The summed E-state index contributed by atoms with van der Waals surface area (Å²) in [4.78, 5) is 2.32. The van der Waals surface area contributed by atoms with Gasteiger partial charge in [-0.2, -0.15) is 0 Å². The minimum absolute atomic E-state index is 0.397. The Morgan fingerprint density at radius 3 is 2.55 bits per heavy atom. The first-order chi connectivity index (χ1) is 5.11. The first-order valence-corrected chi connectivity index (χ1v) is 4.55. The molecule has 2 heteroatoms. The molecule has 1 aliphatic rings. The standard InChI is InChI=1S/C9H20N2/c1-7(2)8-4-5-11(3)6-9(8)10/h7-9H,4-6,10H2,1-3H3. The van der Waals surface area contributed by atoms with E-state index < -0.39 is 0 Å². The van der Waals surface area contributed by atoms with E-state index in [1.807, 2.05) is 0 Å². The maximum Gasteiger partial charge on any atom is 0.0199 e. The van der Waals surface area contributed by atoms with E-state index in [9.17, 15) is 0 Å². The Balaban J connectivity index is 2.44. The van der Waals surface area contributed by atoms with Crippen molar-refractivity contribution in [1.29, 1.82) is 0 Å². The molecule has 2 unspecified atom stereocenters. The molecule has 66 valence electrons. The summed E-state index contributed by atoms with van der Waals surface area (Å²) in [6, 6.07) is 0.397. The maximum atomic E-state index is 6.03. The molecular formula is C9H20N2. The number of likely N-dealkylation sites (N-methyl/N-ethyl adjacent to an activating group) is 1. The van der Waals surface area contributed by atoms with Gasteiger partial charge in [0.15, 0.2) is 0 Å². The lowest BCUT2D eigenvalue weighted by Gasteiger charge is -2.36. The van der Waals surface area contributed by atoms with Gasteiger partial charge in [0.1, 0.15) is 0 Å². The summed E-state index contributed by atoms with van der Waals surface area (Å²) in [7, 11) is 2.15.